The van der Waals surface area contributed by atoms with Gasteiger partial charge in [0.1, 0.15) is 0 Å². The molecule has 2 nitrogen and oxygen atoms in total. The average Bonchev–Trinajstić information content (AvgIpc) is 2.80. The number of thioether (sulfide) groups is 1. The van der Waals surface area contributed by atoms with Crippen LogP contribution in [0, 0.1) is 0 Å². The summed E-state index contributed by atoms with van der Waals surface area (Å²) >= 11 is 4.03. The summed E-state index contributed by atoms with van der Waals surface area (Å²) in [5.74, 6) is 2.54. The van der Waals surface area contributed by atoms with Gasteiger partial charge in [-0.3, -0.25) is 4.90 Å². The van der Waals surface area contributed by atoms with Gasteiger partial charge in [-0.15, -0.1) is 11.3 Å². The zero-order valence-electron chi connectivity index (χ0n) is 12.2. The van der Waals surface area contributed by atoms with E-state index in [2.05, 4.69) is 53.2 Å². The molecular formula is C16H22N2S2. The van der Waals surface area contributed by atoms with Crippen molar-refractivity contribution in [1.82, 2.24) is 10.2 Å². The van der Waals surface area contributed by atoms with Crippen LogP contribution in [0.3, 0.4) is 0 Å². The first kappa shape index (κ1) is 14.4. The van der Waals surface area contributed by atoms with Gasteiger partial charge in [-0.25, -0.2) is 0 Å². The second-order valence-electron chi connectivity index (χ2n) is 5.42. The molecule has 0 amide bonds. The van der Waals surface area contributed by atoms with Crippen LogP contribution in [-0.4, -0.2) is 36.0 Å². The number of rotatable bonds is 4. The molecule has 2 aromatic rings. The van der Waals surface area contributed by atoms with E-state index >= 15 is 0 Å². The minimum absolute atomic E-state index is 0.690. The highest BCUT2D eigenvalue weighted by atomic mass is 32.2. The van der Waals surface area contributed by atoms with Crippen LogP contribution < -0.4 is 5.32 Å². The molecule has 108 valence electrons. The van der Waals surface area contributed by atoms with Crippen molar-refractivity contribution in [3.05, 3.63) is 34.7 Å². The third kappa shape index (κ3) is 2.89. The number of nitrogens with one attached hydrogen (secondary N) is 1. The summed E-state index contributed by atoms with van der Waals surface area (Å²) in [6, 6.07) is 9.53. The van der Waals surface area contributed by atoms with E-state index in [0.29, 0.717) is 6.04 Å². The standard InChI is InChI=1S/C16H22N2S2/c1-12-11-19-8-7-18(12)10-14-13-5-3-4-6-15(13)20-16(14)9-17-2/h3-6,12,17H,7-11H2,1-2H3. The lowest BCUT2D eigenvalue weighted by atomic mass is 10.1. The Morgan fingerprint density at radius 1 is 1.35 bits per heavy atom. The van der Waals surface area contributed by atoms with Gasteiger partial charge in [-0.05, 0) is 31.0 Å². The van der Waals surface area contributed by atoms with Crippen molar-refractivity contribution in [3.63, 3.8) is 0 Å². The van der Waals surface area contributed by atoms with Gasteiger partial charge in [-0.1, -0.05) is 18.2 Å². The van der Waals surface area contributed by atoms with Crippen LogP contribution in [0.4, 0.5) is 0 Å². The molecule has 1 saturated heterocycles. The van der Waals surface area contributed by atoms with Crippen LogP contribution in [0.5, 0.6) is 0 Å². The quantitative estimate of drug-likeness (QED) is 0.930. The lowest BCUT2D eigenvalue weighted by Crippen LogP contribution is -2.39. The predicted octanol–water partition coefficient (Wildman–Crippen LogP) is 3.56. The Morgan fingerprint density at radius 2 is 2.20 bits per heavy atom. The summed E-state index contributed by atoms with van der Waals surface area (Å²) in [5.41, 5.74) is 1.54. The Morgan fingerprint density at radius 3 is 3.00 bits per heavy atom. The minimum Gasteiger partial charge on any atom is -0.315 e. The van der Waals surface area contributed by atoms with Crippen molar-refractivity contribution < 1.29 is 0 Å². The Balaban J connectivity index is 1.93. The normalized spacial score (nSPS) is 20.6. The molecule has 1 unspecified atom stereocenters. The molecule has 1 aromatic carbocycles. The van der Waals surface area contributed by atoms with E-state index in [0.717, 1.165) is 13.1 Å². The van der Waals surface area contributed by atoms with Gasteiger partial charge >= 0.3 is 0 Å². The van der Waals surface area contributed by atoms with Gasteiger partial charge in [0.05, 0.1) is 0 Å². The lowest BCUT2D eigenvalue weighted by molar-refractivity contribution is 0.224. The van der Waals surface area contributed by atoms with Crippen molar-refractivity contribution in [2.45, 2.75) is 26.1 Å². The van der Waals surface area contributed by atoms with Crippen molar-refractivity contribution in [1.29, 1.82) is 0 Å². The fraction of sp³-hybridized carbons (Fsp3) is 0.500. The van der Waals surface area contributed by atoms with Crippen LogP contribution in [0.2, 0.25) is 0 Å². The van der Waals surface area contributed by atoms with Crippen molar-refractivity contribution in [2.75, 3.05) is 25.1 Å². The van der Waals surface area contributed by atoms with E-state index in [1.165, 1.54) is 33.0 Å². The molecular weight excluding hydrogens is 284 g/mol. The van der Waals surface area contributed by atoms with Crippen molar-refractivity contribution >= 4 is 33.2 Å². The van der Waals surface area contributed by atoms with Gasteiger partial charge < -0.3 is 5.32 Å². The highest BCUT2D eigenvalue weighted by molar-refractivity contribution is 7.99. The maximum absolute atomic E-state index is 3.32. The molecule has 1 fully saturated rings. The van der Waals surface area contributed by atoms with Crippen molar-refractivity contribution in [2.24, 2.45) is 0 Å². The predicted molar refractivity (Wildman–Crippen MR) is 91.8 cm³/mol. The first-order valence-electron chi connectivity index (χ1n) is 7.25. The molecule has 0 spiro atoms. The second kappa shape index (κ2) is 6.48. The number of hydrogen-bond donors (Lipinski definition) is 1. The van der Waals surface area contributed by atoms with E-state index in [1.807, 2.05) is 18.4 Å². The topological polar surface area (TPSA) is 15.3 Å². The first-order chi connectivity index (χ1) is 9.79. The summed E-state index contributed by atoms with van der Waals surface area (Å²) < 4.78 is 1.42. The number of fused-ring (bicyclic) bond motifs is 1. The van der Waals surface area contributed by atoms with E-state index in [9.17, 15) is 0 Å². The molecule has 1 aromatic heterocycles. The summed E-state index contributed by atoms with van der Waals surface area (Å²) in [6.07, 6.45) is 0. The summed E-state index contributed by atoms with van der Waals surface area (Å²) in [7, 11) is 2.04. The number of thiophene rings is 1. The highest BCUT2D eigenvalue weighted by Gasteiger charge is 2.21. The van der Waals surface area contributed by atoms with E-state index < -0.39 is 0 Å². The van der Waals surface area contributed by atoms with Crippen LogP contribution in [-0.2, 0) is 13.1 Å². The molecule has 0 aliphatic carbocycles. The molecule has 1 atom stereocenters. The molecule has 1 N–H and O–H groups in total. The first-order valence-corrected chi connectivity index (χ1v) is 9.22. The third-order valence-corrected chi connectivity index (χ3v) is 6.39. The van der Waals surface area contributed by atoms with Crippen LogP contribution >= 0.6 is 23.1 Å². The van der Waals surface area contributed by atoms with Gasteiger partial charge in [0.25, 0.3) is 0 Å². The molecule has 0 radical (unpaired) electrons. The largest absolute Gasteiger partial charge is 0.315 e. The Hall–Kier alpha value is -0.550. The molecule has 2 heterocycles. The van der Waals surface area contributed by atoms with E-state index in [1.54, 1.807) is 5.56 Å². The fourth-order valence-corrected chi connectivity index (χ4v) is 5.14. The van der Waals surface area contributed by atoms with E-state index in [4.69, 9.17) is 0 Å². The van der Waals surface area contributed by atoms with Crippen LogP contribution in [0.15, 0.2) is 24.3 Å². The van der Waals surface area contributed by atoms with Gasteiger partial charge in [-0.2, -0.15) is 11.8 Å². The third-order valence-electron chi connectivity index (χ3n) is 3.99. The number of nitrogens with zero attached hydrogens (tertiary/aromatic N) is 1. The molecule has 1 aliphatic heterocycles. The van der Waals surface area contributed by atoms with Gasteiger partial charge in [0.2, 0.25) is 0 Å². The maximum atomic E-state index is 3.32. The SMILES string of the molecule is CNCc1sc2ccccc2c1CN1CCSCC1C. The molecule has 3 rings (SSSR count). The van der Waals surface area contributed by atoms with Crippen LogP contribution in [0.25, 0.3) is 10.1 Å². The maximum Gasteiger partial charge on any atom is 0.0349 e. The zero-order valence-corrected chi connectivity index (χ0v) is 13.8. The molecule has 0 bridgehead atoms. The number of benzene rings is 1. The van der Waals surface area contributed by atoms with Crippen LogP contribution in [0.1, 0.15) is 17.4 Å². The lowest BCUT2D eigenvalue weighted by Gasteiger charge is -2.33. The summed E-state index contributed by atoms with van der Waals surface area (Å²) in [5, 5.41) is 4.77. The molecule has 0 saturated carbocycles. The average molecular weight is 306 g/mol. The Labute approximate surface area is 129 Å². The Bertz CT molecular complexity index is 579. The number of hydrogen-bond acceptors (Lipinski definition) is 4. The van der Waals surface area contributed by atoms with Gasteiger partial charge in [0.15, 0.2) is 0 Å². The summed E-state index contributed by atoms with van der Waals surface area (Å²) in [4.78, 5) is 4.14. The second-order valence-corrected chi connectivity index (χ2v) is 7.71. The zero-order chi connectivity index (χ0) is 13.9. The Kier molecular flexibility index (Phi) is 4.66. The van der Waals surface area contributed by atoms with E-state index in [-0.39, 0.29) is 0 Å². The molecule has 20 heavy (non-hydrogen) atoms. The van der Waals surface area contributed by atoms with Crippen molar-refractivity contribution in [3.8, 4) is 0 Å². The monoisotopic (exact) mass is 306 g/mol. The fourth-order valence-electron chi connectivity index (χ4n) is 2.83. The molecule has 4 heteroatoms. The minimum atomic E-state index is 0.690. The molecule has 1 aliphatic rings. The van der Waals surface area contributed by atoms with Gasteiger partial charge in [0, 0.05) is 46.8 Å². The smallest absolute Gasteiger partial charge is 0.0349 e. The summed E-state index contributed by atoms with van der Waals surface area (Å²) in [6.45, 7) is 5.65. The highest BCUT2D eigenvalue weighted by Crippen LogP contribution is 2.33.